The highest BCUT2D eigenvalue weighted by Crippen LogP contribution is 2.12. The number of hydrogen-bond donors (Lipinski definition) is 2. The first kappa shape index (κ1) is 11.9. The van der Waals surface area contributed by atoms with Crippen molar-refractivity contribution in [2.24, 2.45) is 0 Å². The lowest BCUT2D eigenvalue weighted by atomic mass is 9.78. The van der Waals surface area contributed by atoms with Gasteiger partial charge in [-0.1, -0.05) is 12.1 Å². The fraction of sp³-hybridized carbons (Fsp3) is 0.250. The second-order valence-electron chi connectivity index (χ2n) is 4.27. The van der Waals surface area contributed by atoms with Crippen LogP contribution in [-0.4, -0.2) is 26.9 Å². The Hall–Kier alpha value is -1.59. The summed E-state index contributed by atoms with van der Waals surface area (Å²) < 4.78 is 1.73. The van der Waals surface area contributed by atoms with Crippen molar-refractivity contribution < 1.29 is 10.0 Å². The standard InChI is InChI=1S/C12H15BN2O2/c1-8-4-5-11(13(16)17)12(6-8)15-10(3)7-9(2)14-15/h4-7,16-17H,1-3H3. The van der Waals surface area contributed by atoms with Crippen LogP contribution in [0.1, 0.15) is 17.0 Å². The average molecular weight is 230 g/mol. The third-order valence-corrected chi connectivity index (χ3v) is 2.70. The van der Waals surface area contributed by atoms with Gasteiger partial charge in [0.25, 0.3) is 0 Å². The Morgan fingerprint density at radius 1 is 1.12 bits per heavy atom. The fourth-order valence-corrected chi connectivity index (χ4v) is 1.93. The van der Waals surface area contributed by atoms with Crippen molar-refractivity contribution in [1.29, 1.82) is 0 Å². The van der Waals surface area contributed by atoms with E-state index in [1.165, 1.54) is 0 Å². The summed E-state index contributed by atoms with van der Waals surface area (Å²) in [5.41, 5.74) is 4.10. The molecule has 0 aliphatic carbocycles. The molecule has 0 aliphatic heterocycles. The molecule has 0 atom stereocenters. The minimum absolute atomic E-state index is 0.460. The predicted octanol–water partition coefficient (Wildman–Crippen LogP) is 0.477. The summed E-state index contributed by atoms with van der Waals surface area (Å²) in [6.45, 7) is 5.81. The Bertz CT molecular complexity index is 549. The van der Waals surface area contributed by atoms with Gasteiger partial charge in [0.1, 0.15) is 0 Å². The van der Waals surface area contributed by atoms with Crippen LogP contribution in [0, 0.1) is 20.8 Å². The van der Waals surface area contributed by atoms with E-state index in [1.807, 2.05) is 39.0 Å². The van der Waals surface area contributed by atoms with Crippen molar-refractivity contribution in [3.05, 3.63) is 41.2 Å². The molecule has 1 aromatic carbocycles. The van der Waals surface area contributed by atoms with Crippen LogP contribution in [0.2, 0.25) is 0 Å². The minimum atomic E-state index is -1.49. The summed E-state index contributed by atoms with van der Waals surface area (Å²) in [4.78, 5) is 0. The van der Waals surface area contributed by atoms with Gasteiger partial charge in [0.05, 0.1) is 11.4 Å². The third-order valence-electron chi connectivity index (χ3n) is 2.70. The first-order valence-corrected chi connectivity index (χ1v) is 5.49. The van der Waals surface area contributed by atoms with Gasteiger partial charge in [-0.05, 0) is 38.5 Å². The maximum atomic E-state index is 9.37. The van der Waals surface area contributed by atoms with Crippen LogP contribution in [0.3, 0.4) is 0 Å². The second-order valence-corrected chi connectivity index (χ2v) is 4.27. The zero-order valence-corrected chi connectivity index (χ0v) is 10.2. The molecule has 17 heavy (non-hydrogen) atoms. The summed E-state index contributed by atoms with van der Waals surface area (Å²) in [6.07, 6.45) is 0. The second kappa shape index (κ2) is 4.35. The lowest BCUT2D eigenvalue weighted by Crippen LogP contribution is -2.33. The summed E-state index contributed by atoms with van der Waals surface area (Å²) in [5, 5.41) is 23.1. The van der Waals surface area contributed by atoms with Crippen molar-refractivity contribution >= 4 is 12.6 Å². The Labute approximate surface area is 101 Å². The van der Waals surface area contributed by atoms with Gasteiger partial charge in [-0.15, -0.1) is 0 Å². The molecule has 0 saturated carbocycles. The molecule has 0 fully saturated rings. The van der Waals surface area contributed by atoms with Crippen LogP contribution in [0.15, 0.2) is 24.3 Å². The van der Waals surface area contributed by atoms with Crippen LogP contribution in [0.25, 0.3) is 5.69 Å². The van der Waals surface area contributed by atoms with Crippen molar-refractivity contribution in [2.45, 2.75) is 20.8 Å². The van der Waals surface area contributed by atoms with Crippen molar-refractivity contribution in [3.63, 3.8) is 0 Å². The van der Waals surface area contributed by atoms with Crippen LogP contribution in [0.5, 0.6) is 0 Å². The van der Waals surface area contributed by atoms with Crippen LogP contribution >= 0.6 is 0 Å². The molecule has 0 spiro atoms. The van der Waals surface area contributed by atoms with E-state index < -0.39 is 7.12 Å². The molecule has 1 heterocycles. The number of aryl methyl sites for hydroxylation is 3. The monoisotopic (exact) mass is 230 g/mol. The van der Waals surface area contributed by atoms with Crippen LogP contribution in [0.4, 0.5) is 0 Å². The molecule has 1 aromatic heterocycles. The lowest BCUT2D eigenvalue weighted by Gasteiger charge is -2.11. The fourth-order valence-electron chi connectivity index (χ4n) is 1.93. The summed E-state index contributed by atoms with van der Waals surface area (Å²) in [5.74, 6) is 0. The van der Waals surface area contributed by atoms with Crippen molar-refractivity contribution in [2.75, 3.05) is 0 Å². The zero-order chi connectivity index (χ0) is 12.6. The highest BCUT2D eigenvalue weighted by atomic mass is 16.4. The zero-order valence-electron chi connectivity index (χ0n) is 10.2. The van der Waals surface area contributed by atoms with E-state index in [4.69, 9.17) is 0 Å². The van der Waals surface area contributed by atoms with Gasteiger partial charge in [-0.25, -0.2) is 4.68 Å². The Morgan fingerprint density at radius 2 is 1.82 bits per heavy atom. The average Bonchev–Trinajstić information content (AvgIpc) is 2.57. The summed E-state index contributed by atoms with van der Waals surface area (Å²) >= 11 is 0. The predicted molar refractivity (Wildman–Crippen MR) is 67.6 cm³/mol. The van der Waals surface area contributed by atoms with E-state index in [9.17, 15) is 10.0 Å². The first-order chi connectivity index (χ1) is 7.99. The molecular formula is C12H15BN2O2. The van der Waals surface area contributed by atoms with Gasteiger partial charge in [0.2, 0.25) is 0 Å². The van der Waals surface area contributed by atoms with E-state index in [0.29, 0.717) is 11.2 Å². The van der Waals surface area contributed by atoms with Gasteiger partial charge < -0.3 is 10.0 Å². The van der Waals surface area contributed by atoms with Gasteiger partial charge in [-0.3, -0.25) is 0 Å². The maximum absolute atomic E-state index is 9.37. The number of hydrogen-bond acceptors (Lipinski definition) is 3. The van der Waals surface area contributed by atoms with E-state index in [0.717, 1.165) is 17.0 Å². The molecule has 0 aliphatic rings. The van der Waals surface area contributed by atoms with E-state index in [1.54, 1.807) is 10.7 Å². The smallest absolute Gasteiger partial charge is 0.423 e. The Kier molecular flexibility index (Phi) is 3.04. The molecule has 0 bridgehead atoms. The largest absolute Gasteiger partial charge is 0.490 e. The normalized spacial score (nSPS) is 10.6. The van der Waals surface area contributed by atoms with E-state index >= 15 is 0 Å². The Balaban J connectivity index is 2.65. The van der Waals surface area contributed by atoms with E-state index in [-0.39, 0.29) is 0 Å². The van der Waals surface area contributed by atoms with E-state index in [2.05, 4.69) is 5.10 Å². The first-order valence-electron chi connectivity index (χ1n) is 5.49. The molecule has 88 valence electrons. The van der Waals surface area contributed by atoms with Gasteiger partial charge in [-0.2, -0.15) is 5.10 Å². The summed E-state index contributed by atoms with van der Waals surface area (Å²) in [7, 11) is -1.49. The highest BCUT2D eigenvalue weighted by Gasteiger charge is 2.18. The molecule has 0 unspecified atom stereocenters. The molecule has 0 saturated heterocycles. The van der Waals surface area contributed by atoms with Gasteiger partial charge >= 0.3 is 7.12 Å². The number of aromatic nitrogens is 2. The molecule has 2 N–H and O–H groups in total. The topological polar surface area (TPSA) is 58.3 Å². The molecular weight excluding hydrogens is 215 g/mol. The Morgan fingerprint density at radius 3 is 2.35 bits per heavy atom. The minimum Gasteiger partial charge on any atom is -0.423 e. The SMILES string of the molecule is Cc1ccc(B(O)O)c(-n2nc(C)cc2C)c1. The molecule has 5 heteroatoms. The molecule has 0 amide bonds. The highest BCUT2D eigenvalue weighted by molar-refractivity contribution is 6.60. The van der Waals surface area contributed by atoms with Crippen molar-refractivity contribution in [3.8, 4) is 5.69 Å². The van der Waals surface area contributed by atoms with Crippen molar-refractivity contribution in [1.82, 2.24) is 9.78 Å². The number of rotatable bonds is 2. The third kappa shape index (κ3) is 2.25. The lowest BCUT2D eigenvalue weighted by molar-refractivity contribution is 0.425. The van der Waals surface area contributed by atoms with Gasteiger partial charge in [0.15, 0.2) is 0 Å². The van der Waals surface area contributed by atoms with Crippen LogP contribution in [-0.2, 0) is 0 Å². The maximum Gasteiger partial charge on any atom is 0.490 e. The molecule has 4 nitrogen and oxygen atoms in total. The number of nitrogens with zero attached hydrogens (tertiary/aromatic N) is 2. The molecule has 2 aromatic rings. The molecule has 0 radical (unpaired) electrons. The summed E-state index contributed by atoms with van der Waals surface area (Å²) in [6, 6.07) is 7.42. The van der Waals surface area contributed by atoms with Crippen LogP contribution < -0.4 is 5.46 Å². The number of benzene rings is 1. The molecule has 2 rings (SSSR count). The van der Waals surface area contributed by atoms with Gasteiger partial charge in [0, 0.05) is 11.2 Å². The quantitative estimate of drug-likeness (QED) is 0.737.